The van der Waals surface area contributed by atoms with E-state index in [9.17, 15) is 14.7 Å². The minimum absolute atomic E-state index is 0.178. The van der Waals surface area contributed by atoms with Gasteiger partial charge in [-0.15, -0.1) is 0 Å². The molecule has 3 rings (SSSR count). The third kappa shape index (κ3) is 2.80. The minimum Gasteiger partial charge on any atom is -0.481 e. The van der Waals surface area contributed by atoms with Crippen molar-refractivity contribution in [2.45, 2.75) is 57.4 Å². The van der Waals surface area contributed by atoms with Gasteiger partial charge in [-0.05, 0) is 32.6 Å². The maximum atomic E-state index is 11.7. The number of aromatic amines is 1. The SMILES string of the molecule is CC1(C(=O)O)CCCCC1Nc1cc(=O)[nH]c(C2CC2)n1. The predicted octanol–water partition coefficient (Wildman–Crippen LogP) is 2.09. The molecule has 0 bridgehead atoms. The van der Waals surface area contributed by atoms with Crippen LogP contribution in [0.4, 0.5) is 5.82 Å². The normalized spacial score (nSPS) is 29.1. The maximum Gasteiger partial charge on any atom is 0.311 e. The molecular formula is C15H21N3O3. The van der Waals surface area contributed by atoms with Crippen molar-refractivity contribution in [1.82, 2.24) is 9.97 Å². The van der Waals surface area contributed by atoms with Crippen molar-refractivity contribution in [2.24, 2.45) is 5.41 Å². The van der Waals surface area contributed by atoms with Gasteiger partial charge in [0.05, 0.1) is 5.41 Å². The maximum absolute atomic E-state index is 11.7. The first kappa shape index (κ1) is 14.1. The minimum atomic E-state index is -0.803. The van der Waals surface area contributed by atoms with Crippen molar-refractivity contribution < 1.29 is 9.90 Å². The van der Waals surface area contributed by atoms with E-state index in [-0.39, 0.29) is 11.6 Å². The van der Waals surface area contributed by atoms with Crippen LogP contribution in [-0.2, 0) is 4.79 Å². The molecule has 6 nitrogen and oxygen atoms in total. The van der Waals surface area contributed by atoms with E-state index < -0.39 is 11.4 Å². The number of nitrogens with one attached hydrogen (secondary N) is 2. The summed E-state index contributed by atoms with van der Waals surface area (Å²) in [4.78, 5) is 30.6. The van der Waals surface area contributed by atoms with Crippen molar-refractivity contribution in [3.05, 3.63) is 22.2 Å². The van der Waals surface area contributed by atoms with Gasteiger partial charge in [0.1, 0.15) is 11.6 Å². The van der Waals surface area contributed by atoms with Crippen molar-refractivity contribution in [2.75, 3.05) is 5.32 Å². The number of anilines is 1. The van der Waals surface area contributed by atoms with Crippen LogP contribution in [0.25, 0.3) is 0 Å². The number of rotatable bonds is 4. The Morgan fingerprint density at radius 1 is 1.43 bits per heavy atom. The van der Waals surface area contributed by atoms with Crippen LogP contribution < -0.4 is 10.9 Å². The molecule has 0 saturated heterocycles. The van der Waals surface area contributed by atoms with E-state index in [1.807, 2.05) is 0 Å². The van der Waals surface area contributed by atoms with E-state index in [1.54, 1.807) is 6.92 Å². The van der Waals surface area contributed by atoms with Gasteiger partial charge < -0.3 is 15.4 Å². The van der Waals surface area contributed by atoms with Crippen molar-refractivity contribution >= 4 is 11.8 Å². The Balaban J connectivity index is 1.84. The van der Waals surface area contributed by atoms with Crippen LogP contribution in [0, 0.1) is 5.41 Å². The molecule has 0 aliphatic heterocycles. The fourth-order valence-corrected chi connectivity index (χ4v) is 3.10. The average Bonchev–Trinajstić information content (AvgIpc) is 3.25. The largest absolute Gasteiger partial charge is 0.481 e. The molecule has 0 aromatic carbocycles. The van der Waals surface area contributed by atoms with Gasteiger partial charge in [0, 0.05) is 18.0 Å². The number of carboxylic acids is 1. The van der Waals surface area contributed by atoms with Crippen LogP contribution in [-0.4, -0.2) is 27.1 Å². The molecule has 6 heteroatoms. The zero-order valence-corrected chi connectivity index (χ0v) is 12.2. The standard InChI is InChI=1S/C15H21N3O3/c1-15(14(20)21)7-3-2-4-10(15)16-11-8-12(19)18-13(17-11)9-5-6-9/h8-10H,2-7H2,1H3,(H,20,21)(H2,16,17,18,19). The number of H-pyrrole nitrogens is 1. The second kappa shape index (κ2) is 5.16. The number of carbonyl (C=O) groups is 1. The average molecular weight is 291 g/mol. The molecule has 1 aromatic rings. The first-order valence-electron chi connectivity index (χ1n) is 7.60. The molecule has 21 heavy (non-hydrogen) atoms. The summed E-state index contributed by atoms with van der Waals surface area (Å²) in [7, 11) is 0. The lowest BCUT2D eigenvalue weighted by atomic mass is 9.71. The Labute approximate surface area is 123 Å². The first-order valence-corrected chi connectivity index (χ1v) is 7.60. The van der Waals surface area contributed by atoms with E-state index in [1.165, 1.54) is 6.07 Å². The fraction of sp³-hybridized carbons (Fsp3) is 0.667. The first-order chi connectivity index (χ1) is 9.99. The molecule has 1 aromatic heterocycles. The van der Waals surface area contributed by atoms with Crippen molar-refractivity contribution in [1.29, 1.82) is 0 Å². The predicted molar refractivity (Wildman–Crippen MR) is 78.5 cm³/mol. The fourth-order valence-electron chi connectivity index (χ4n) is 3.10. The van der Waals surface area contributed by atoms with E-state index in [2.05, 4.69) is 15.3 Å². The summed E-state index contributed by atoms with van der Waals surface area (Å²) < 4.78 is 0. The van der Waals surface area contributed by atoms with Gasteiger partial charge in [0.15, 0.2) is 0 Å². The highest BCUT2D eigenvalue weighted by Gasteiger charge is 2.43. The third-order valence-electron chi connectivity index (χ3n) is 4.74. The molecule has 2 fully saturated rings. The Bertz CT molecular complexity index is 608. The number of carboxylic acid groups (broad SMARTS) is 1. The number of aromatic nitrogens is 2. The molecule has 2 aliphatic carbocycles. The number of nitrogens with zero attached hydrogens (tertiary/aromatic N) is 1. The van der Waals surface area contributed by atoms with Crippen LogP contribution in [0.15, 0.2) is 10.9 Å². The summed E-state index contributed by atoms with van der Waals surface area (Å²) in [6.45, 7) is 1.78. The summed E-state index contributed by atoms with van der Waals surface area (Å²) in [6.07, 6.45) is 5.48. The van der Waals surface area contributed by atoms with Crippen LogP contribution in [0.3, 0.4) is 0 Å². The Morgan fingerprint density at radius 3 is 2.86 bits per heavy atom. The number of hydrogen-bond acceptors (Lipinski definition) is 4. The van der Waals surface area contributed by atoms with Gasteiger partial charge in [0.25, 0.3) is 5.56 Å². The monoisotopic (exact) mass is 291 g/mol. The Kier molecular flexibility index (Phi) is 3.47. The smallest absolute Gasteiger partial charge is 0.311 e. The molecule has 1 heterocycles. The second-order valence-electron chi connectivity index (χ2n) is 6.46. The third-order valence-corrected chi connectivity index (χ3v) is 4.74. The van der Waals surface area contributed by atoms with Crippen molar-refractivity contribution in [3.63, 3.8) is 0 Å². The number of hydrogen-bond donors (Lipinski definition) is 3. The molecule has 0 radical (unpaired) electrons. The molecule has 2 atom stereocenters. The lowest BCUT2D eigenvalue weighted by Crippen LogP contribution is -2.47. The topological polar surface area (TPSA) is 95.1 Å². The Morgan fingerprint density at radius 2 is 2.19 bits per heavy atom. The summed E-state index contributed by atoms with van der Waals surface area (Å²) in [6, 6.07) is 1.23. The second-order valence-corrected chi connectivity index (χ2v) is 6.46. The summed E-state index contributed by atoms with van der Waals surface area (Å²) >= 11 is 0. The van der Waals surface area contributed by atoms with E-state index >= 15 is 0 Å². The van der Waals surface area contributed by atoms with Crippen molar-refractivity contribution in [3.8, 4) is 0 Å². The van der Waals surface area contributed by atoms with Crippen LogP contribution in [0.5, 0.6) is 0 Å². The van der Waals surface area contributed by atoms with Gasteiger partial charge in [-0.1, -0.05) is 12.8 Å². The molecule has 114 valence electrons. The molecule has 2 unspecified atom stereocenters. The van der Waals surface area contributed by atoms with Gasteiger partial charge in [-0.25, -0.2) is 4.98 Å². The van der Waals surface area contributed by atoms with Gasteiger partial charge >= 0.3 is 5.97 Å². The highest BCUT2D eigenvalue weighted by Crippen LogP contribution is 2.39. The van der Waals surface area contributed by atoms with Crippen LogP contribution >= 0.6 is 0 Å². The van der Waals surface area contributed by atoms with Crippen LogP contribution in [0.1, 0.15) is 57.2 Å². The van der Waals surface area contributed by atoms with Crippen LogP contribution in [0.2, 0.25) is 0 Å². The Hall–Kier alpha value is -1.85. The molecule has 2 saturated carbocycles. The zero-order valence-electron chi connectivity index (χ0n) is 12.2. The highest BCUT2D eigenvalue weighted by molar-refractivity contribution is 5.76. The highest BCUT2D eigenvalue weighted by atomic mass is 16.4. The lowest BCUT2D eigenvalue weighted by molar-refractivity contribution is -0.150. The van der Waals surface area contributed by atoms with E-state index in [0.29, 0.717) is 18.2 Å². The summed E-state index contributed by atoms with van der Waals surface area (Å²) in [5.41, 5.74) is -0.982. The van der Waals surface area contributed by atoms with Gasteiger partial charge in [-0.3, -0.25) is 9.59 Å². The van der Waals surface area contributed by atoms with Gasteiger partial charge in [0.2, 0.25) is 0 Å². The lowest BCUT2D eigenvalue weighted by Gasteiger charge is -2.38. The number of aliphatic carboxylic acids is 1. The molecule has 0 spiro atoms. The zero-order chi connectivity index (χ0) is 15.0. The van der Waals surface area contributed by atoms with Gasteiger partial charge in [-0.2, -0.15) is 0 Å². The van der Waals surface area contributed by atoms with E-state index in [0.717, 1.165) is 37.9 Å². The molecule has 0 amide bonds. The summed E-state index contributed by atoms with van der Waals surface area (Å²) in [5.74, 6) is 0.793. The molecular weight excluding hydrogens is 270 g/mol. The quantitative estimate of drug-likeness (QED) is 0.789. The summed E-state index contributed by atoms with van der Waals surface area (Å²) in [5, 5.41) is 12.7. The van der Waals surface area contributed by atoms with E-state index in [4.69, 9.17) is 0 Å². The molecule has 2 aliphatic rings. The molecule has 3 N–H and O–H groups in total.